The summed E-state index contributed by atoms with van der Waals surface area (Å²) < 4.78 is 4.79. The second-order valence-corrected chi connectivity index (χ2v) is 15.1. The molecule has 0 fully saturated rings. The van der Waals surface area contributed by atoms with Crippen molar-refractivity contribution in [2.45, 2.75) is 38.5 Å². The molecule has 0 amide bonds. The van der Waals surface area contributed by atoms with Crippen LogP contribution >= 0.6 is 0 Å². The maximum atomic E-state index is 4.96. The summed E-state index contributed by atoms with van der Waals surface area (Å²) >= 11 is 0. The number of aromatic nitrogens is 4. The van der Waals surface area contributed by atoms with E-state index in [0.717, 1.165) is 28.4 Å². The van der Waals surface area contributed by atoms with Gasteiger partial charge in [0.2, 0.25) is 0 Å². The van der Waals surface area contributed by atoms with Crippen LogP contribution in [0.5, 0.6) is 0 Å². The minimum Gasteiger partial charge on any atom is -0.310 e. The Hall–Kier alpha value is -6.20. The Labute approximate surface area is 296 Å². The highest BCUT2D eigenvalue weighted by Crippen LogP contribution is 2.51. The molecule has 51 heavy (non-hydrogen) atoms. The van der Waals surface area contributed by atoms with Gasteiger partial charge in [-0.3, -0.25) is 9.13 Å². The van der Waals surface area contributed by atoms with Crippen molar-refractivity contribution in [2.24, 2.45) is 0 Å². The fourth-order valence-corrected chi connectivity index (χ4v) is 9.32. The molecule has 0 saturated carbocycles. The van der Waals surface area contributed by atoms with Crippen LogP contribution in [0, 0.1) is 0 Å². The summed E-state index contributed by atoms with van der Waals surface area (Å²) in [6.45, 7) is 9.40. The number of nitrogens with zero attached hydrogens (tertiary/aromatic N) is 5. The SMILES string of the molecule is CC1(C)c2ccc(N(c3ccccc3)c3ccc4c(c3)-n3c5ncccc5c5cccc(c53)C4(C)C)cc2-n2c3ncccc3c3cccc1c32. The normalized spacial score (nSPS) is 15.0. The number of benzene rings is 5. The van der Waals surface area contributed by atoms with Crippen molar-refractivity contribution in [3.05, 3.63) is 162 Å². The zero-order valence-corrected chi connectivity index (χ0v) is 29.0. The van der Waals surface area contributed by atoms with Crippen LogP contribution in [-0.2, 0) is 10.8 Å². The van der Waals surface area contributed by atoms with E-state index in [2.05, 4.69) is 157 Å². The molecule has 0 atom stereocenters. The highest BCUT2D eigenvalue weighted by Gasteiger charge is 2.38. The molecule has 0 aliphatic carbocycles. The molecular weight excluding hydrogens is 623 g/mol. The number of hydrogen-bond acceptors (Lipinski definition) is 3. The van der Waals surface area contributed by atoms with E-state index < -0.39 is 0 Å². The Morgan fingerprint density at radius 2 is 0.902 bits per heavy atom. The lowest BCUT2D eigenvalue weighted by molar-refractivity contribution is 0.629. The topological polar surface area (TPSA) is 38.9 Å². The molecule has 0 N–H and O–H groups in total. The molecule has 9 aromatic rings. The lowest BCUT2D eigenvalue weighted by Gasteiger charge is -2.37. The maximum Gasteiger partial charge on any atom is 0.145 e. The van der Waals surface area contributed by atoms with Crippen LogP contribution in [0.4, 0.5) is 17.1 Å². The van der Waals surface area contributed by atoms with Gasteiger partial charge in [0, 0.05) is 61.8 Å². The average Bonchev–Trinajstić information content (AvgIpc) is 3.68. The van der Waals surface area contributed by atoms with Crippen LogP contribution in [0.1, 0.15) is 49.9 Å². The average molecular weight is 658 g/mol. The van der Waals surface area contributed by atoms with Gasteiger partial charge in [-0.2, -0.15) is 0 Å². The predicted octanol–water partition coefficient (Wildman–Crippen LogP) is 11.4. The molecule has 0 unspecified atom stereocenters. The van der Waals surface area contributed by atoms with E-state index in [1.807, 2.05) is 24.5 Å². The summed E-state index contributed by atoms with van der Waals surface area (Å²) in [5.74, 6) is 0. The number of rotatable bonds is 3. The van der Waals surface area contributed by atoms with Gasteiger partial charge in [0.15, 0.2) is 0 Å². The van der Waals surface area contributed by atoms with Gasteiger partial charge in [-0.25, -0.2) is 9.97 Å². The molecule has 0 spiro atoms. The Morgan fingerprint density at radius 3 is 1.39 bits per heavy atom. The monoisotopic (exact) mass is 657 g/mol. The van der Waals surface area contributed by atoms with E-state index in [4.69, 9.17) is 9.97 Å². The van der Waals surface area contributed by atoms with E-state index in [9.17, 15) is 0 Å². The molecule has 6 heterocycles. The van der Waals surface area contributed by atoms with Gasteiger partial charge in [-0.05, 0) is 82.9 Å². The molecule has 0 saturated heterocycles. The highest BCUT2D eigenvalue weighted by atomic mass is 15.2. The van der Waals surface area contributed by atoms with Gasteiger partial charge in [0.05, 0.1) is 22.4 Å². The fraction of sp³-hybridized carbons (Fsp3) is 0.130. The second kappa shape index (κ2) is 9.73. The second-order valence-electron chi connectivity index (χ2n) is 15.1. The molecule has 5 heteroatoms. The lowest BCUT2D eigenvalue weighted by atomic mass is 9.74. The summed E-state index contributed by atoms with van der Waals surface area (Å²) in [6, 6.07) is 46.7. The van der Waals surface area contributed by atoms with Crippen LogP contribution in [0.25, 0.3) is 55.2 Å². The first-order chi connectivity index (χ1) is 24.8. The Bertz CT molecular complexity index is 2740. The molecule has 2 aliphatic rings. The van der Waals surface area contributed by atoms with E-state index >= 15 is 0 Å². The molecular formula is C46H35N5. The number of para-hydroxylation sites is 3. The third-order valence-corrected chi connectivity index (χ3v) is 11.8. The predicted molar refractivity (Wildman–Crippen MR) is 210 cm³/mol. The largest absolute Gasteiger partial charge is 0.310 e. The first kappa shape index (κ1) is 28.6. The van der Waals surface area contributed by atoms with Crippen molar-refractivity contribution < 1.29 is 0 Å². The van der Waals surface area contributed by atoms with Crippen LogP contribution in [-0.4, -0.2) is 19.1 Å². The molecule has 2 aliphatic heterocycles. The summed E-state index contributed by atoms with van der Waals surface area (Å²) in [7, 11) is 0. The third-order valence-electron chi connectivity index (χ3n) is 11.8. The zero-order chi connectivity index (χ0) is 34.2. The van der Waals surface area contributed by atoms with Gasteiger partial charge < -0.3 is 4.90 Å². The fourth-order valence-electron chi connectivity index (χ4n) is 9.32. The number of pyridine rings is 2. The van der Waals surface area contributed by atoms with Gasteiger partial charge in [-0.1, -0.05) is 94.4 Å². The van der Waals surface area contributed by atoms with Crippen LogP contribution < -0.4 is 4.90 Å². The van der Waals surface area contributed by atoms with Gasteiger partial charge in [0.25, 0.3) is 0 Å². The third kappa shape index (κ3) is 3.60. The van der Waals surface area contributed by atoms with Crippen molar-refractivity contribution in [1.82, 2.24) is 19.1 Å². The molecule has 11 rings (SSSR count). The summed E-state index contributed by atoms with van der Waals surface area (Å²) in [4.78, 5) is 12.3. The number of fused-ring (bicyclic) bond motifs is 10. The van der Waals surface area contributed by atoms with Crippen molar-refractivity contribution >= 4 is 60.9 Å². The summed E-state index contributed by atoms with van der Waals surface area (Å²) in [6.07, 6.45) is 3.82. The van der Waals surface area contributed by atoms with Crippen LogP contribution in [0.3, 0.4) is 0 Å². The van der Waals surface area contributed by atoms with Crippen molar-refractivity contribution in [3.8, 4) is 11.4 Å². The van der Waals surface area contributed by atoms with Crippen LogP contribution in [0.15, 0.2) is 140 Å². The van der Waals surface area contributed by atoms with Gasteiger partial charge >= 0.3 is 0 Å². The van der Waals surface area contributed by atoms with Gasteiger partial charge in [0.1, 0.15) is 11.3 Å². The first-order valence-corrected chi connectivity index (χ1v) is 17.8. The van der Waals surface area contributed by atoms with Crippen molar-refractivity contribution in [3.63, 3.8) is 0 Å². The van der Waals surface area contributed by atoms with E-state index in [1.54, 1.807) is 0 Å². The van der Waals surface area contributed by atoms with Crippen molar-refractivity contribution in [1.29, 1.82) is 0 Å². The Morgan fingerprint density at radius 1 is 0.431 bits per heavy atom. The zero-order valence-electron chi connectivity index (χ0n) is 29.0. The maximum absolute atomic E-state index is 4.96. The molecule has 0 radical (unpaired) electrons. The minimum absolute atomic E-state index is 0.187. The number of anilines is 3. The lowest BCUT2D eigenvalue weighted by Crippen LogP contribution is -2.27. The van der Waals surface area contributed by atoms with Crippen LogP contribution in [0.2, 0.25) is 0 Å². The Balaban J connectivity index is 1.19. The van der Waals surface area contributed by atoms with E-state index in [-0.39, 0.29) is 10.8 Å². The molecule has 0 bridgehead atoms. The molecule has 4 aromatic heterocycles. The van der Waals surface area contributed by atoms with E-state index in [0.29, 0.717) is 0 Å². The standard InChI is InChI=1S/C46H35N5/c1-45(2)35-22-20-29(26-39(35)50-41-31(14-8-18-37(41)45)33-16-10-24-47-43(33)50)49(28-12-6-5-7-13-28)30-21-23-36-40(27-30)51-42-32(34-17-11-25-48-44(34)51)15-9-19-38(42)46(36,3)4/h5-27H,1-4H3. The Kier molecular flexibility index (Phi) is 5.46. The molecule has 5 nitrogen and oxygen atoms in total. The number of hydrogen-bond donors (Lipinski definition) is 0. The quantitative estimate of drug-likeness (QED) is 0.190. The van der Waals surface area contributed by atoms with Crippen molar-refractivity contribution in [2.75, 3.05) is 4.90 Å². The van der Waals surface area contributed by atoms with E-state index in [1.165, 1.54) is 66.2 Å². The smallest absolute Gasteiger partial charge is 0.145 e. The molecule has 244 valence electrons. The molecule has 5 aromatic carbocycles. The highest BCUT2D eigenvalue weighted by molar-refractivity contribution is 6.11. The minimum atomic E-state index is -0.187. The summed E-state index contributed by atoms with van der Waals surface area (Å²) in [5.41, 5.74) is 15.0. The first-order valence-electron chi connectivity index (χ1n) is 17.8. The van der Waals surface area contributed by atoms with Gasteiger partial charge in [-0.15, -0.1) is 0 Å². The summed E-state index contributed by atoms with van der Waals surface area (Å²) in [5, 5.41) is 4.85.